The zero-order valence-corrected chi connectivity index (χ0v) is 18.8. The fourth-order valence-electron chi connectivity index (χ4n) is 3.27. The molecule has 0 spiro atoms. The summed E-state index contributed by atoms with van der Waals surface area (Å²) in [5.41, 5.74) is 0.248. The first-order valence-electron chi connectivity index (χ1n) is 10.2. The van der Waals surface area contributed by atoms with Crippen LogP contribution in [0.5, 0.6) is 5.75 Å². The molecule has 0 radical (unpaired) electrons. The van der Waals surface area contributed by atoms with Crippen LogP contribution in [0.1, 0.15) is 18.1 Å². The molecule has 170 valence electrons. The molecule has 3 aromatic rings. The SMILES string of the molecule is COc1cccc(CNCC(C)(O)[C@H](Cc2cc(F)cc(F)c2)NSc2cccnc2)c1. The highest BCUT2D eigenvalue weighted by molar-refractivity contribution is 7.97. The largest absolute Gasteiger partial charge is 0.497 e. The van der Waals surface area contributed by atoms with E-state index in [0.29, 0.717) is 12.1 Å². The average Bonchev–Trinajstić information content (AvgIpc) is 2.76. The Balaban J connectivity index is 1.70. The van der Waals surface area contributed by atoms with Crippen LogP contribution in [0.3, 0.4) is 0 Å². The molecule has 32 heavy (non-hydrogen) atoms. The Labute approximate surface area is 191 Å². The maximum Gasteiger partial charge on any atom is 0.126 e. The molecule has 8 heteroatoms. The zero-order valence-electron chi connectivity index (χ0n) is 18.0. The van der Waals surface area contributed by atoms with Crippen molar-refractivity contribution in [3.8, 4) is 5.75 Å². The quantitative estimate of drug-likeness (QED) is 0.375. The minimum Gasteiger partial charge on any atom is -0.497 e. The molecule has 0 bridgehead atoms. The number of aliphatic hydroxyl groups is 1. The van der Waals surface area contributed by atoms with Crippen LogP contribution in [0.2, 0.25) is 0 Å². The molecule has 3 N–H and O–H groups in total. The summed E-state index contributed by atoms with van der Waals surface area (Å²) in [4.78, 5) is 4.95. The highest BCUT2D eigenvalue weighted by Crippen LogP contribution is 2.22. The summed E-state index contributed by atoms with van der Waals surface area (Å²) in [7, 11) is 1.61. The lowest BCUT2D eigenvalue weighted by molar-refractivity contribution is 0.0280. The molecule has 5 nitrogen and oxygen atoms in total. The van der Waals surface area contributed by atoms with Gasteiger partial charge in [-0.3, -0.25) is 9.71 Å². The van der Waals surface area contributed by atoms with Crippen molar-refractivity contribution in [2.75, 3.05) is 13.7 Å². The van der Waals surface area contributed by atoms with Crippen LogP contribution in [-0.4, -0.2) is 35.4 Å². The normalized spacial score (nSPS) is 14.0. The number of hydrogen-bond donors (Lipinski definition) is 3. The topological polar surface area (TPSA) is 66.4 Å². The predicted octanol–water partition coefficient (Wildman–Crippen LogP) is 4.12. The van der Waals surface area contributed by atoms with Gasteiger partial charge in [0.15, 0.2) is 0 Å². The van der Waals surface area contributed by atoms with Gasteiger partial charge in [-0.15, -0.1) is 0 Å². The maximum absolute atomic E-state index is 13.7. The minimum absolute atomic E-state index is 0.232. The number of nitrogens with one attached hydrogen (secondary N) is 2. The third-order valence-electron chi connectivity index (χ3n) is 5.01. The molecule has 2 atom stereocenters. The van der Waals surface area contributed by atoms with E-state index in [1.165, 1.54) is 24.1 Å². The lowest BCUT2D eigenvalue weighted by Crippen LogP contribution is -2.53. The summed E-state index contributed by atoms with van der Waals surface area (Å²) in [5.74, 6) is -0.527. The second-order valence-corrected chi connectivity index (χ2v) is 8.67. The molecule has 1 unspecified atom stereocenters. The molecule has 0 saturated heterocycles. The van der Waals surface area contributed by atoms with Crippen LogP contribution in [0.15, 0.2) is 71.9 Å². The van der Waals surface area contributed by atoms with Crippen molar-refractivity contribution in [2.45, 2.75) is 36.4 Å². The van der Waals surface area contributed by atoms with Crippen molar-refractivity contribution in [1.82, 2.24) is 15.0 Å². The van der Waals surface area contributed by atoms with E-state index in [0.717, 1.165) is 22.3 Å². The summed E-state index contributed by atoms with van der Waals surface area (Å²) in [6.45, 7) is 2.49. The molecule has 0 amide bonds. The van der Waals surface area contributed by atoms with E-state index in [2.05, 4.69) is 15.0 Å². The zero-order chi connectivity index (χ0) is 23.0. The Bertz CT molecular complexity index is 985. The van der Waals surface area contributed by atoms with E-state index in [9.17, 15) is 13.9 Å². The number of nitrogens with zero attached hydrogens (tertiary/aromatic N) is 1. The fourth-order valence-corrected chi connectivity index (χ4v) is 4.14. The number of hydrogen-bond acceptors (Lipinski definition) is 6. The highest BCUT2D eigenvalue weighted by Gasteiger charge is 2.32. The average molecular weight is 460 g/mol. The van der Waals surface area contributed by atoms with Crippen LogP contribution in [0.25, 0.3) is 0 Å². The van der Waals surface area contributed by atoms with Crippen LogP contribution >= 0.6 is 11.9 Å². The molecule has 0 saturated carbocycles. The van der Waals surface area contributed by atoms with Crippen LogP contribution in [-0.2, 0) is 13.0 Å². The van der Waals surface area contributed by atoms with Crippen LogP contribution < -0.4 is 14.8 Å². The second kappa shape index (κ2) is 11.4. The maximum atomic E-state index is 13.7. The second-order valence-electron chi connectivity index (χ2n) is 7.76. The van der Waals surface area contributed by atoms with Gasteiger partial charge in [0.05, 0.1) is 18.8 Å². The van der Waals surface area contributed by atoms with Crippen molar-refractivity contribution in [2.24, 2.45) is 0 Å². The van der Waals surface area contributed by atoms with Crippen molar-refractivity contribution < 1.29 is 18.6 Å². The van der Waals surface area contributed by atoms with E-state index in [-0.39, 0.29) is 13.0 Å². The first-order valence-corrected chi connectivity index (χ1v) is 11.0. The Kier molecular flexibility index (Phi) is 8.58. The van der Waals surface area contributed by atoms with Gasteiger partial charge in [-0.1, -0.05) is 12.1 Å². The van der Waals surface area contributed by atoms with Crippen molar-refractivity contribution >= 4 is 11.9 Å². The van der Waals surface area contributed by atoms with E-state index < -0.39 is 23.3 Å². The molecular weight excluding hydrogens is 432 g/mol. The lowest BCUT2D eigenvalue weighted by atomic mass is 9.91. The Morgan fingerprint density at radius 3 is 2.56 bits per heavy atom. The van der Waals surface area contributed by atoms with Gasteiger partial charge in [0.1, 0.15) is 17.4 Å². The van der Waals surface area contributed by atoms with Gasteiger partial charge in [0.25, 0.3) is 0 Å². The Hall–Kier alpha value is -2.52. The first kappa shape index (κ1) is 24.1. The number of rotatable bonds is 11. The van der Waals surface area contributed by atoms with Crippen LogP contribution in [0, 0.1) is 11.6 Å². The number of aromatic nitrogens is 1. The monoisotopic (exact) mass is 459 g/mol. The van der Waals surface area contributed by atoms with Crippen molar-refractivity contribution in [3.05, 3.63) is 89.8 Å². The molecule has 2 aromatic carbocycles. The standard InChI is InChI=1S/C24H27F2N3O2S/c1-24(30,16-28-14-17-5-3-6-21(11-17)31-2)23(29-32-22-7-4-8-27-15-22)12-18-9-19(25)13-20(26)10-18/h3-11,13,15,23,28-30H,12,14,16H2,1-2H3/t23-,24?/m0/s1. The number of benzene rings is 2. The van der Waals surface area contributed by atoms with E-state index in [1.54, 1.807) is 26.4 Å². The summed E-state index contributed by atoms with van der Waals surface area (Å²) in [6.07, 6.45) is 3.61. The summed E-state index contributed by atoms with van der Waals surface area (Å²) in [5, 5.41) is 14.5. The van der Waals surface area contributed by atoms with Crippen molar-refractivity contribution in [1.29, 1.82) is 0 Å². The smallest absolute Gasteiger partial charge is 0.126 e. The van der Waals surface area contributed by atoms with Crippen molar-refractivity contribution in [3.63, 3.8) is 0 Å². The number of methoxy groups -OCH3 is 1. The summed E-state index contributed by atoms with van der Waals surface area (Å²) < 4.78 is 35.9. The number of halogens is 2. The van der Waals surface area contributed by atoms with Gasteiger partial charge in [-0.05, 0) is 72.8 Å². The number of pyridine rings is 1. The molecule has 0 aliphatic heterocycles. The molecule has 1 aromatic heterocycles. The molecule has 0 aliphatic carbocycles. The third kappa shape index (κ3) is 7.27. The fraction of sp³-hybridized carbons (Fsp3) is 0.292. The molecule has 0 aliphatic rings. The van der Waals surface area contributed by atoms with Gasteiger partial charge in [-0.2, -0.15) is 0 Å². The summed E-state index contributed by atoms with van der Waals surface area (Å²) in [6, 6.07) is 14.3. The molecule has 1 heterocycles. The van der Waals surface area contributed by atoms with Gasteiger partial charge < -0.3 is 15.2 Å². The predicted molar refractivity (Wildman–Crippen MR) is 122 cm³/mol. The van der Waals surface area contributed by atoms with Gasteiger partial charge in [-0.25, -0.2) is 8.78 Å². The van der Waals surface area contributed by atoms with Gasteiger partial charge >= 0.3 is 0 Å². The third-order valence-corrected chi connectivity index (χ3v) is 5.89. The molecular formula is C24H27F2N3O2S. The van der Waals surface area contributed by atoms with E-state index >= 15 is 0 Å². The van der Waals surface area contributed by atoms with Gasteiger partial charge in [0, 0.05) is 36.4 Å². The van der Waals surface area contributed by atoms with E-state index in [1.807, 2.05) is 36.4 Å². The molecule has 3 rings (SSSR count). The van der Waals surface area contributed by atoms with Crippen LogP contribution in [0.4, 0.5) is 8.78 Å². The lowest BCUT2D eigenvalue weighted by Gasteiger charge is -2.34. The van der Waals surface area contributed by atoms with E-state index in [4.69, 9.17) is 4.74 Å². The Morgan fingerprint density at radius 2 is 1.88 bits per heavy atom. The minimum atomic E-state index is -1.23. The van der Waals surface area contributed by atoms with Gasteiger partial charge in [0.2, 0.25) is 0 Å². The Morgan fingerprint density at radius 1 is 1.09 bits per heavy atom. The molecule has 0 fully saturated rings. The highest BCUT2D eigenvalue weighted by atomic mass is 32.2. The first-order chi connectivity index (χ1) is 15.4. The summed E-state index contributed by atoms with van der Waals surface area (Å²) >= 11 is 1.31. The number of ether oxygens (including phenoxy) is 1.